The van der Waals surface area contributed by atoms with Gasteiger partial charge < -0.3 is 24.6 Å². The number of hydrogen-bond acceptors (Lipinski definition) is 6. The van der Waals surface area contributed by atoms with E-state index in [9.17, 15) is 19.0 Å². The first-order valence-electron chi connectivity index (χ1n) is 13.8. The van der Waals surface area contributed by atoms with E-state index in [0.29, 0.717) is 24.6 Å². The van der Waals surface area contributed by atoms with E-state index in [1.807, 2.05) is 54.6 Å². The van der Waals surface area contributed by atoms with E-state index in [0.717, 1.165) is 49.7 Å². The lowest BCUT2D eigenvalue weighted by atomic mass is 9.89. The molecule has 3 N–H and O–H groups in total. The molecular formula is C31H38FNO6P+. The molecule has 1 saturated carbocycles. The number of aliphatic hydroxyl groups excluding tert-OH is 1. The topological polar surface area (TPSA) is 97.3 Å². The van der Waals surface area contributed by atoms with Crippen LogP contribution in [0.1, 0.15) is 43.2 Å². The summed E-state index contributed by atoms with van der Waals surface area (Å²) in [5.74, 6) is 0.646. The van der Waals surface area contributed by atoms with Gasteiger partial charge in [0.1, 0.15) is 37.4 Å². The molecule has 3 aromatic carbocycles. The van der Waals surface area contributed by atoms with Crippen LogP contribution in [-0.2, 0) is 17.6 Å². The lowest BCUT2D eigenvalue weighted by molar-refractivity contribution is 0.106. The van der Waals surface area contributed by atoms with Crippen LogP contribution in [0.5, 0.6) is 17.2 Å². The molecule has 2 atom stereocenters. The van der Waals surface area contributed by atoms with Crippen LogP contribution in [-0.4, -0.2) is 47.6 Å². The number of benzene rings is 3. The Morgan fingerprint density at radius 1 is 0.900 bits per heavy atom. The summed E-state index contributed by atoms with van der Waals surface area (Å²) in [5.41, 5.74) is 2.06. The third-order valence-electron chi connectivity index (χ3n) is 7.17. The molecule has 0 radical (unpaired) electrons. The van der Waals surface area contributed by atoms with Gasteiger partial charge in [0.25, 0.3) is 0 Å². The van der Waals surface area contributed by atoms with Crippen molar-refractivity contribution >= 4 is 8.03 Å². The molecule has 1 aliphatic rings. The number of aliphatic hydroxyl groups is 1. The molecule has 0 aliphatic heterocycles. The average Bonchev–Trinajstić information content (AvgIpc) is 2.98. The fraction of sp³-hybridized carbons (Fsp3) is 0.419. The monoisotopic (exact) mass is 570 g/mol. The Bertz CT molecular complexity index is 1200. The molecule has 40 heavy (non-hydrogen) atoms. The second kappa shape index (κ2) is 15.1. The molecule has 0 aromatic heterocycles. The molecule has 7 nitrogen and oxygen atoms in total. The Morgan fingerprint density at radius 3 is 2.33 bits per heavy atom. The van der Waals surface area contributed by atoms with Crippen LogP contribution in [0.4, 0.5) is 4.39 Å². The number of ether oxygens (including phenoxy) is 3. The molecule has 0 heterocycles. The predicted octanol–water partition coefficient (Wildman–Crippen LogP) is 5.79. The summed E-state index contributed by atoms with van der Waals surface area (Å²) in [6, 6.07) is 21.7. The summed E-state index contributed by atoms with van der Waals surface area (Å²) in [6.07, 6.45) is 4.51. The van der Waals surface area contributed by atoms with Crippen molar-refractivity contribution < 1.29 is 33.2 Å². The van der Waals surface area contributed by atoms with Crippen molar-refractivity contribution in [2.45, 2.75) is 56.4 Å². The van der Waals surface area contributed by atoms with E-state index in [1.54, 1.807) is 6.07 Å². The standard InChI is InChI=1S/C31H37FNO6P/c32-29-19-28(13-14-30(29)38-21-25-7-3-1-4-8-25)37-22-26(34)20-33-18-15-24-9-11-27(12-10-24)39-23-31(40(35)36)16-5-2-6-17-31/h1,3-4,7-14,19,26,33-34H,2,5-6,15-18,20-23H2/p+1. The SMILES string of the molecule is O=[P+](O)C1(COc2ccc(CCNCC(O)COc3ccc(OCc4ccccc4)c(F)c3)cc2)CCCCC1. The highest BCUT2D eigenvalue weighted by Crippen LogP contribution is 2.46. The smallest absolute Gasteiger partial charge is 0.491 e. The summed E-state index contributed by atoms with van der Waals surface area (Å²) < 4.78 is 43.3. The molecule has 4 rings (SSSR count). The van der Waals surface area contributed by atoms with Gasteiger partial charge in [0.2, 0.25) is 5.16 Å². The van der Waals surface area contributed by atoms with Crippen LogP contribution in [0.25, 0.3) is 0 Å². The highest BCUT2D eigenvalue weighted by molar-refractivity contribution is 7.40. The highest BCUT2D eigenvalue weighted by atomic mass is 31.1. The van der Waals surface area contributed by atoms with E-state index < -0.39 is 25.1 Å². The van der Waals surface area contributed by atoms with Crippen molar-refractivity contribution in [2.75, 3.05) is 26.3 Å². The van der Waals surface area contributed by atoms with E-state index in [2.05, 4.69) is 5.32 Å². The maximum absolute atomic E-state index is 14.4. The summed E-state index contributed by atoms with van der Waals surface area (Å²) >= 11 is 0. The zero-order valence-corrected chi connectivity index (χ0v) is 23.5. The molecular weight excluding hydrogens is 532 g/mol. The first-order chi connectivity index (χ1) is 19.4. The van der Waals surface area contributed by atoms with Gasteiger partial charge in [0.15, 0.2) is 11.6 Å². The van der Waals surface area contributed by atoms with Gasteiger partial charge >= 0.3 is 8.03 Å². The number of halogens is 1. The first kappa shape index (κ1) is 29.9. The lowest BCUT2D eigenvalue weighted by Crippen LogP contribution is -2.34. The highest BCUT2D eigenvalue weighted by Gasteiger charge is 2.50. The third kappa shape index (κ3) is 9.00. The second-order valence-electron chi connectivity index (χ2n) is 10.3. The number of hydrogen-bond donors (Lipinski definition) is 3. The first-order valence-corrected chi connectivity index (χ1v) is 15.0. The van der Waals surface area contributed by atoms with Crippen molar-refractivity contribution in [3.8, 4) is 17.2 Å². The molecule has 9 heteroatoms. The number of nitrogens with one attached hydrogen (secondary N) is 1. The van der Waals surface area contributed by atoms with E-state index in [4.69, 9.17) is 14.2 Å². The molecule has 2 unspecified atom stereocenters. The largest absolute Gasteiger partial charge is 0.515 e. The van der Waals surface area contributed by atoms with Gasteiger partial charge in [0.05, 0.1) is 0 Å². The van der Waals surface area contributed by atoms with Gasteiger partial charge in [-0.2, -0.15) is 4.89 Å². The van der Waals surface area contributed by atoms with Crippen LogP contribution < -0.4 is 19.5 Å². The van der Waals surface area contributed by atoms with Crippen LogP contribution in [0, 0.1) is 5.82 Å². The normalized spacial score (nSPS) is 15.7. The molecule has 0 bridgehead atoms. The molecule has 3 aromatic rings. The molecule has 214 valence electrons. The van der Waals surface area contributed by atoms with Crippen molar-refractivity contribution in [2.24, 2.45) is 0 Å². The maximum atomic E-state index is 14.4. The molecule has 0 amide bonds. The van der Waals surface area contributed by atoms with Gasteiger partial charge in [-0.05, 0) is 65.8 Å². The minimum absolute atomic E-state index is 0.0313. The summed E-state index contributed by atoms with van der Waals surface area (Å²) in [6.45, 7) is 1.56. The summed E-state index contributed by atoms with van der Waals surface area (Å²) in [5, 5.41) is 12.8. The van der Waals surface area contributed by atoms with Gasteiger partial charge in [-0.1, -0.05) is 48.9 Å². The Hall–Kier alpha value is -3.03. The maximum Gasteiger partial charge on any atom is 0.515 e. The zero-order valence-electron chi connectivity index (χ0n) is 22.6. The summed E-state index contributed by atoms with van der Waals surface area (Å²) in [7, 11) is -2.28. The van der Waals surface area contributed by atoms with Gasteiger partial charge in [-0.3, -0.25) is 0 Å². The Kier molecular flexibility index (Phi) is 11.3. The zero-order chi connectivity index (χ0) is 28.2. The molecule has 1 aliphatic carbocycles. The van der Waals surface area contributed by atoms with Crippen LogP contribution >= 0.6 is 8.03 Å². The fourth-order valence-electron chi connectivity index (χ4n) is 4.75. The molecule has 0 saturated heterocycles. The van der Waals surface area contributed by atoms with Crippen LogP contribution in [0.3, 0.4) is 0 Å². The molecule has 0 spiro atoms. The number of rotatable bonds is 15. The van der Waals surface area contributed by atoms with Gasteiger partial charge in [0, 0.05) is 25.5 Å². The Morgan fingerprint density at radius 2 is 1.62 bits per heavy atom. The predicted molar refractivity (Wildman–Crippen MR) is 153 cm³/mol. The van der Waals surface area contributed by atoms with Crippen molar-refractivity contribution in [3.63, 3.8) is 0 Å². The lowest BCUT2D eigenvalue weighted by Gasteiger charge is -2.25. The third-order valence-corrected chi connectivity index (χ3v) is 8.56. The van der Waals surface area contributed by atoms with E-state index in [-0.39, 0.29) is 25.6 Å². The molecule has 1 fully saturated rings. The second-order valence-corrected chi connectivity index (χ2v) is 11.8. The van der Waals surface area contributed by atoms with E-state index >= 15 is 0 Å². The van der Waals surface area contributed by atoms with Crippen molar-refractivity contribution in [1.82, 2.24) is 5.32 Å². The quantitative estimate of drug-likeness (QED) is 0.157. The van der Waals surface area contributed by atoms with Gasteiger partial charge in [-0.25, -0.2) is 4.39 Å². The van der Waals surface area contributed by atoms with Crippen LogP contribution in [0.15, 0.2) is 72.8 Å². The van der Waals surface area contributed by atoms with E-state index in [1.165, 1.54) is 12.1 Å². The minimum Gasteiger partial charge on any atom is -0.491 e. The Balaban J connectivity index is 1.12. The van der Waals surface area contributed by atoms with Crippen molar-refractivity contribution in [3.05, 3.63) is 89.7 Å². The minimum atomic E-state index is -2.28. The average molecular weight is 571 g/mol. The fourth-order valence-corrected chi connectivity index (χ4v) is 5.62. The van der Waals surface area contributed by atoms with Crippen LogP contribution in [0.2, 0.25) is 0 Å². The van der Waals surface area contributed by atoms with Gasteiger partial charge in [-0.15, -0.1) is 0 Å². The summed E-state index contributed by atoms with van der Waals surface area (Å²) in [4.78, 5) is 9.85. The Labute approximate surface area is 236 Å². The van der Waals surface area contributed by atoms with Crippen molar-refractivity contribution in [1.29, 1.82) is 0 Å².